The summed E-state index contributed by atoms with van der Waals surface area (Å²) in [7, 11) is 1.70. The lowest BCUT2D eigenvalue weighted by Crippen LogP contribution is -2.39. The highest BCUT2D eigenvalue weighted by molar-refractivity contribution is 5.79. The van der Waals surface area contributed by atoms with E-state index in [1.54, 1.807) is 7.11 Å². The molecular formula is C19H33N3O3. The average molecular weight is 351 g/mol. The lowest BCUT2D eigenvalue weighted by Gasteiger charge is -2.13. The van der Waals surface area contributed by atoms with E-state index in [9.17, 15) is 0 Å². The van der Waals surface area contributed by atoms with Crippen molar-refractivity contribution in [1.29, 1.82) is 0 Å². The molecule has 142 valence electrons. The lowest BCUT2D eigenvalue weighted by atomic mass is 10.1. The molecule has 0 amide bonds. The van der Waals surface area contributed by atoms with Gasteiger partial charge in [-0.05, 0) is 32.4 Å². The van der Waals surface area contributed by atoms with E-state index in [1.165, 1.54) is 5.56 Å². The topological polar surface area (TPSA) is 64.1 Å². The molecule has 0 aromatic heterocycles. The fraction of sp³-hybridized carbons (Fsp3) is 0.632. The summed E-state index contributed by atoms with van der Waals surface area (Å²) >= 11 is 0. The second kappa shape index (κ2) is 13.5. The van der Waals surface area contributed by atoms with Crippen LogP contribution in [-0.2, 0) is 16.0 Å². The van der Waals surface area contributed by atoms with Gasteiger partial charge in [0.1, 0.15) is 5.75 Å². The monoisotopic (exact) mass is 351 g/mol. The summed E-state index contributed by atoms with van der Waals surface area (Å²) in [6.07, 6.45) is 0.870. The van der Waals surface area contributed by atoms with E-state index in [1.807, 2.05) is 6.92 Å². The van der Waals surface area contributed by atoms with Crippen LogP contribution in [0.2, 0.25) is 0 Å². The van der Waals surface area contributed by atoms with Crippen molar-refractivity contribution in [1.82, 2.24) is 10.6 Å². The van der Waals surface area contributed by atoms with Crippen LogP contribution >= 0.6 is 0 Å². The van der Waals surface area contributed by atoms with Gasteiger partial charge in [0.2, 0.25) is 0 Å². The van der Waals surface area contributed by atoms with Gasteiger partial charge in [-0.25, -0.2) is 4.99 Å². The molecule has 0 spiro atoms. The Labute approximate surface area is 152 Å². The number of ether oxygens (including phenoxy) is 3. The lowest BCUT2D eigenvalue weighted by molar-refractivity contribution is 0.152. The second-order valence-electron chi connectivity index (χ2n) is 5.62. The van der Waals surface area contributed by atoms with Crippen LogP contribution < -0.4 is 15.4 Å². The number of nitrogens with one attached hydrogen (secondary N) is 2. The molecule has 0 saturated carbocycles. The summed E-state index contributed by atoms with van der Waals surface area (Å²) in [6.45, 7) is 10.9. The van der Waals surface area contributed by atoms with Crippen molar-refractivity contribution in [3.63, 3.8) is 0 Å². The largest absolute Gasteiger partial charge is 0.493 e. The minimum atomic E-state index is 0.559. The highest BCUT2D eigenvalue weighted by Crippen LogP contribution is 2.21. The SMILES string of the molecule is CCNC(=NCc1ccc(C)cc1OCCCOC)NCCOCC. The van der Waals surface area contributed by atoms with Gasteiger partial charge in [0.15, 0.2) is 5.96 Å². The molecule has 0 aliphatic rings. The minimum absolute atomic E-state index is 0.559. The Bertz CT molecular complexity index is 507. The summed E-state index contributed by atoms with van der Waals surface area (Å²) in [5.41, 5.74) is 2.25. The number of guanidine groups is 1. The van der Waals surface area contributed by atoms with Crippen LogP contribution in [-0.4, -0.2) is 52.6 Å². The number of methoxy groups -OCH3 is 1. The maximum atomic E-state index is 5.92. The summed E-state index contributed by atoms with van der Waals surface area (Å²) in [5.74, 6) is 1.68. The van der Waals surface area contributed by atoms with Crippen molar-refractivity contribution in [3.05, 3.63) is 29.3 Å². The van der Waals surface area contributed by atoms with Crippen LogP contribution in [0.5, 0.6) is 5.75 Å². The number of aryl methyl sites for hydroxylation is 1. The molecule has 1 aromatic rings. The zero-order valence-corrected chi connectivity index (χ0v) is 16.1. The van der Waals surface area contributed by atoms with E-state index in [2.05, 4.69) is 47.7 Å². The average Bonchev–Trinajstić information content (AvgIpc) is 2.61. The molecule has 6 nitrogen and oxygen atoms in total. The predicted octanol–water partition coefficient (Wildman–Crippen LogP) is 2.50. The molecular weight excluding hydrogens is 318 g/mol. The van der Waals surface area contributed by atoms with E-state index in [0.717, 1.165) is 43.4 Å². The van der Waals surface area contributed by atoms with E-state index in [4.69, 9.17) is 14.2 Å². The Hall–Kier alpha value is -1.79. The maximum absolute atomic E-state index is 5.92. The van der Waals surface area contributed by atoms with Gasteiger partial charge in [-0.3, -0.25) is 0 Å². The van der Waals surface area contributed by atoms with Crippen molar-refractivity contribution < 1.29 is 14.2 Å². The number of hydrogen-bond acceptors (Lipinski definition) is 4. The first-order chi connectivity index (χ1) is 12.2. The third kappa shape index (κ3) is 9.31. The molecule has 0 radical (unpaired) electrons. The molecule has 25 heavy (non-hydrogen) atoms. The molecule has 0 fully saturated rings. The molecule has 0 aliphatic carbocycles. The van der Waals surface area contributed by atoms with Gasteiger partial charge in [-0.2, -0.15) is 0 Å². The van der Waals surface area contributed by atoms with Gasteiger partial charge in [0.05, 0.1) is 19.8 Å². The normalized spacial score (nSPS) is 11.4. The molecule has 1 aromatic carbocycles. The fourth-order valence-electron chi connectivity index (χ4n) is 2.20. The summed E-state index contributed by atoms with van der Waals surface area (Å²) in [4.78, 5) is 4.65. The number of hydrogen-bond donors (Lipinski definition) is 2. The van der Waals surface area contributed by atoms with Gasteiger partial charge in [-0.1, -0.05) is 12.1 Å². The van der Waals surface area contributed by atoms with Crippen molar-refractivity contribution >= 4 is 5.96 Å². The van der Waals surface area contributed by atoms with Crippen LogP contribution in [0.25, 0.3) is 0 Å². The van der Waals surface area contributed by atoms with Crippen molar-refractivity contribution in [3.8, 4) is 5.75 Å². The zero-order valence-electron chi connectivity index (χ0n) is 16.1. The van der Waals surface area contributed by atoms with E-state index >= 15 is 0 Å². The van der Waals surface area contributed by atoms with Crippen molar-refractivity contribution in [2.45, 2.75) is 33.7 Å². The number of benzene rings is 1. The quantitative estimate of drug-likeness (QED) is 0.344. The second-order valence-corrected chi connectivity index (χ2v) is 5.62. The van der Waals surface area contributed by atoms with E-state index in [0.29, 0.717) is 26.4 Å². The highest BCUT2D eigenvalue weighted by Gasteiger charge is 2.05. The maximum Gasteiger partial charge on any atom is 0.191 e. The Morgan fingerprint density at radius 3 is 2.68 bits per heavy atom. The van der Waals surface area contributed by atoms with Crippen LogP contribution in [0, 0.1) is 6.92 Å². The molecule has 2 N–H and O–H groups in total. The number of nitrogens with zero attached hydrogens (tertiary/aromatic N) is 1. The van der Waals surface area contributed by atoms with Gasteiger partial charge in [0.25, 0.3) is 0 Å². The Balaban J connectivity index is 2.66. The third-order valence-corrected chi connectivity index (χ3v) is 3.47. The molecule has 0 bridgehead atoms. The smallest absolute Gasteiger partial charge is 0.191 e. The molecule has 0 heterocycles. The van der Waals surface area contributed by atoms with Gasteiger partial charge < -0.3 is 24.8 Å². The zero-order chi connectivity index (χ0) is 18.3. The summed E-state index contributed by atoms with van der Waals surface area (Å²) in [5, 5.41) is 6.52. The highest BCUT2D eigenvalue weighted by atomic mass is 16.5. The molecule has 1 rings (SSSR count). The minimum Gasteiger partial charge on any atom is -0.493 e. The number of rotatable bonds is 12. The fourth-order valence-corrected chi connectivity index (χ4v) is 2.20. The van der Waals surface area contributed by atoms with Gasteiger partial charge >= 0.3 is 0 Å². The Kier molecular flexibility index (Phi) is 11.5. The molecule has 0 saturated heterocycles. The van der Waals surface area contributed by atoms with Crippen molar-refractivity contribution in [2.24, 2.45) is 4.99 Å². The third-order valence-electron chi connectivity index (χ3n) is 3.47. The Morgan fingerprint density at radius 2 is 1.96 bits per heavy atom. The molecule has 0 atom stereocenters. The standard InChI is InChI=1S/C19H33N3O3/c1-5-20-19(21-10-13-24-6-2)22-15-17-9-8-16(3)14-18(17)25-12-7-11-23-4/h8-9,14H,5-7,10-13,15H2,1-4H3,(H2,20,21,22). The predicted molar refractivity (Wildman–Crippen MR) is 102 cm³/mol. The van der Waals surface area contributed by atoms with Gasteiger partial charge in [0, 0.05) is 45.4 Å². The summed E-state index contributed by atoms with van der Waals surface area (Å²) < 4.78 is 16.3. The summed E-state index contributed by atoms with van der Waals surface area (Å²) in [6, 6.07) is 6.23. The number of aliphatic imine (C=N–C) groups is 1. The first kappa shape index (κ1) is 21.3. The Morgan fingerprint density at radius 1 is 1.12 bits per heavy atom. The van der Waals surface area contributed by atoms with Crippen molar-refractivity contribution in [2.75, 3.05) is 46.6 Å². The molecule has 0 unspecified atom stereocenters. The molecule has 0 aliphatic heterocycles. The first-order valence-electron chi connectivity index (χ1n) is 9.02. The van der Waals surface area contributed by atoms with E-state index < -0.39 is 0 Å². The van der Waals surface area contributed by atoms with Crippen LogP contribution in [0.1, 0.15) is 31.4 Å². The first-order valence-corrected chi connectivity index (χ1v) is 9.02. The van der Waals surface area contributed by atoms with Crippen LogP contribution in [0.15, 0.2) is 23.2 Å². The van der Waals surface area contributed by atoms with Gasteiger partial charge in [-0.15, -0.1) is 0 Å². The van der Waals surface area contributed by atoms with E-state index in [-0.39, 0.29) is 0 Å². The molecule has 6 heteroatoms. The van der Waals surface area contributed by atoms with Crippen LogP contribution in [0.4, 0.5) is 0 Å². The van der Waals surface area contributed by atoms with Crippen LogP contribution in [0.3, 0.4) is 0 Å².